The fourth-order valence-corrected chi connectivity index (χ4v) is 2.22. The van der Waals surface area contributed by atoms with E-state index in [1.54, 1.807) is 0 Å². The van der Waals surface area contributed by atoms with E-state index in [4.69, 9.17) is 9.84 Å². The topological polar surface area (TPSA) is 32.7 Å². The number of hydrogen-bond donors (Lipinski definition) is 1. The van der Waals surface area contributed by atoms with Crippen molar-refractivity contribution in [1.82, 2.24) is 4.90 Å². The van der Waals surface area contributed by atoms with Crippen molar-refractivity contribution in [1.29, 1.82) is 0 Å². The van der Waals surface area contributed by atoms with Crippen LogP contribution < -0.4 is 0 Å². The second-order valence-electron chi connectivity index (χ2n) is 4.38. The van der Waals surface area contributed by atoms with Crippen LogP contribution in [0.5, 0.6) is 0 Å². The van der Waals surface area contributed by atoms with Crippen LogP contribution in [0.4, 0.5) is 0 Å². The Hall–Kier alpha value is -0.120. The number of aliphatic hydroxyl groups excluding tert-OH is 1. The van der Waals surface area contributed by atoms with Gasteiger partial charge in [-0.05, 0) is 38.3 Å². The third-order valence-electron chi connectivity index (χ3n) is 3.31. The van der Waals surface area contributed by atoms with Crippen molar-refractivity contribution in [2.75, 3.05) is 39.5 Å². The molecule has 0 spiro atoms. The van der Waals surface area contributed by atoms with E-state index >= 15 is 0 Å². The Morgan fingerprint density at radius 2 is 2.13 bits per heavy atom. The van der Waals surface area contributed by atoms with Crippen LogP contribution >= 0.6 is 0 Å². The number of likely N-dealkylation sites (tertiary alicyclic amines) is 1. The van der Waals surface area contributed by atoms with E-state index in [0.717, 1.165) is 19.1 Å². The highest BCUT2D eigenvalue weighted by Gasteiger charge is 2.14. The third-order valence-corrected chi connectivity index (χ3v) is 3.31. The van der Waals surface area contributed by atoms with Gasteiger partial charge >= 0.3 is 0 Å². The largest absolute Gasteiger partial charge is 0.394 e. The molecule has 1 rings (SSSR count). The zero-order valence-corrected chi connectivity index (χ0v) is 9.95. The van der Waals surface area contributed by atoms with Crippen molar-refractivity contribution in [3.05, 3.63) is 0 Å². The van der Waals surface area contributed by atoms with E-state index in [2.05, 4.69) is 11.8 Å². The molecule has 1 heterocycles. The van der Waals surface area contributed by atoms with Crippen molar-refractivity contribution in [2.24, 2.45) is 5.92 Å². The number of aliphatic hydroxyl groups is 1. The average Bonchev–Trinajstić information content (AvgIpc) is 2.49. The molecular formula is C12H25NO2. The van der Waals surface area contributed by atoms with Gasteiger partial charge in [0.05, 0.1) is 19.8 Å². The summed E-state index contributed by atoms with van der Waals surface area (Å²) < 4.78 is 5.29. The molecule has 90 valence electrons. The average molecular weight is 215 g/mol. The normalized spacial score (nSPS) is 24.0. The minimum atomic E-state index is 0.137. The fraction of sp³-hybridized carbons (Fsp3) is 1.00. The lowest BCUT2D eigenvalue weighted by Crippen LogP contribution is -2.29. The molecule has 0 aliphatic carbocycles. The number of nitrogens with zero attached hydrogens (tertiary/aromatic N) is 1. The first-order chi connectivity index (χ1) is 7.36. The van der Waals surface area contributed by atoms with E-state index in [1.807, 2.05) is 0 Å². The first kappa shape index (κ1) is 12.9. The summed E-state index contributed by atoms with van der Waals surface area (Å²) in [7, 11) is 0. The molecule has 0 amide bonds. The summed E-state index contributed by atoms with van der Waals surface area (Å²) in [5.74, 6) is 0.938. The second kappa shape index (κ2) is 8.08. The van der Waals surface area contributed by atoms with Gasteiger partial charge in [0.2, 0.25) is 0 Å². The van der Waals surface area contributed by atoms with Crippen molar-refractivity contribution in [3.63, 3.8) is 0 Å². The van der Waals surface area contributed by atoms with Gasteiger partial charge in [0.1, 0.15) is 0 Å². The first-order valence-corrected chi connectivity index (χ1v) is 6.27. The molecule has 0 saturated carbocycles. The lowest BCUT2D eigenvalue weighted by Gasteiger charge is -2.19. The zero-order chi connectivity index (χ0) is 10.9. The highest BCUT2D eigenvalue weighted by Crippen LogP contribution is 2.19. The maximum Gasteiger partial charge on any atom is 0.0698 e. The van der Waals surface area contributed by atoms with Gasteiger partial charge in [-0.3, -0.25) is 0 Å². The van der Waals surface area contributed by atoms with Crippen molar-refractivity contribution in [3.8, 4) is 0 Å². The molecule has 1 aliphatic rings. The number of hydrogen-bond acceptors (Lipinski definition) is 3. The highest BCUT2D eigenvalue weighted by atomic mass is 16.5. The van der Waals surface area contributed by atoms with Gasteiger partial charge in [-0.2, -0.15) is 0 Å². The molecule has 0 aromatic carbocycles. The molecule has 1 N–H and O–H groups in total. The van der Waals surface area contributed by atoms with Crippen molar-refractivity contribution in [2.45, 2.75) is 32.6 Å². The molecule has 0 bridgehead atoms. The number of rotatable bonds is 6. The smallest absolute Gasteiger partial charge is 0.0698 e. The molecule has 0 aromatic rings. The zero-order valence-electron chi connectivity index (χ0n) is 9.95. The van der Waals surface area contributed by atoms with Crippen LogP contribution in [0.25, 0.3) is 0 Å². The molecule has 3 nitrogen and oxygen atoms in total. The van der Waals surface area contributed by atoms with Crippen molar-refractivity contribution >= 4 is 0 Å². The molecule has 15 heavy (non-hydrogen) atoms. The van der Waals surface area contributed by atoms with Crippen molar-refractivity contribution < 1.29 is 9.84 Å². The first-order valence-electron chi connectivity index (χ1n) is 6.27. The predicted octanol–water partition coefficient (Wildman–Crippen LogP) is 1.51. The summed E-state index contributed by atoms with van der Waals surface area (Å²) in [4.78, 5) is 2.49. The van der Waals surface area contributed by atoms with E-state index in [1.165, 1.54) is 38.8 Å². The summed E-state index contributed by atoms with van der Waals surface area (Å²) >= 11 is 0. The maximum absolute atomic E-state index is 8.58. The maximum atomic E-state index is 8.58. The van der Waals surface area contributed by atoms with E-state index in [9.17, 15) is 0 Å². The fourth-order valence-electron chi connectivity index (χ4n) is 2.22. The third kappa shape index (κ3) is 5.50. The van der Waals surface area contributed by atoms with Crippen LogP contribution in [-0.4, -0.2) is 49.5 Å². The Labute approximate surface area is 93.4 Å². The second-order valence-corrected chi connectivity index (χ2v) is 4.38. The van der Waals surface area contributed by atoms with Crippen LogP contribution in [0.15, 0.2) is 0 Å². The standard InChI is InChI=1S/C12H25NO2/c1-2-12-4-3-6-13(7-5-12)8-10-15-11-9-14/h12,14H,2-11H2,1H3. The quantitative estimate of drug-likeness (QED) is 0.682. The molecule has 1 fully saturated rings. The minimum Gasteiger partial charge on any atom is -0.394 e. The SMILES string of the molecule is CCC1CCCN(CCOCCO)CC1. The summed E-state index contributed by atoms with van der Waals surface area (Å²) in [6.45, 7) is 7.14. The van der Waals surface area contributed by atoms with Gasteiger partial charge in [0.25, 0.3) is 0 Å². The molecule has 3 heteroatoms. The minimum absolute atomic E-state index is 0.137. The molecule has 1 unspecified atom stereocenters. The highest BCUT2D eigenvalue weighted by molar-refractivity contribution is 4.68. The van der Waals surface area contributed by atoms with Gasteiger partial charge in [0, 0.05) is 6.54 Å². The van der Waals surface area contributed by atoms with Crippen LogP contribution in [0, 0.1) is 5.92 Å². The Morgan fingerprint density at radius 1 is 1.27 bits per heavy atom. The summed E-state index contributed by atoms with van der Waals surface area (Å²) in [5.41, 5.74) is 0. The van der Waals surface area contributed by atoms with Crippen LogP contribution in [-0.2, 0) is 4.74 Å². The lowest BCUT2D eigenvalue weighted by atomic mass is 9.98. The Kier molecular flexibility index (Phi) is 6.98. The molecule has 1 saturated heterocycles. The summed E-state index contributed by atoms with van der Waals surface area (Å²) in [6.07, 6.45) is 5.40. The Morgan fingerprint density at radius 3 is 2.87 bits per heavy atom. The van der Waals surface area contributed by atoms with Gasteiger partial charge in [0.15, 0.2) is 0 Å². The molecule has 0 aromatic heterocycles. The van der Waals surface area contributed by atoms with E-state index in [0.29, 0.717) is 6.61 Å². The lowest BCUT2D eigenvalue weighted by molar-refractivity contribution is 0.0741. The summed E-state index contributed by atoms with van der Waals surface area (Å²) in [6, 6.07) is 0. The van der Waals surface area contributed by atoms with Gasteiger partial charge in [-0.15, -0.1) is 0 Å². The molecular weight excluding hydrogens is 190 g/mol. The molecule has 0 radical (unpaired) electrons. The molecule has 1 aliphatic heterocycles. The molecule has 1 atom stereocenters. The predicted molar refractivity (Wildman–Crippen MR) is 62.0 cm³/mol. The Balaban J connectivity index is 2.08. The van der Waals surface area contributed by atoms with Crippen LogP contribution in [0.1, 0.15) is 32.6 Å². The Bertz CT molecular complexity index is 153. The number of ether oxygens (including phenoxy) is 1. The van der Waals surface area contributed by atoms with Crippen LogP contribution in [0.2, 0.25) is 0 Å². The van der Waals surface area contributed by atoms with Gasteiger partial charge in [-0.25, -0.2) is 0 Å². The van der Waals surface area contributed by atoms with E-state index < -0.39 is 0 Å². The monoisotopic (exact) mass is 215 g/mol. The summed E-state index contributed by atoms with van der Waals surface area (Å²) in [5, 5.41) is 8.58. The van der Waals surface area contributed by atoms with Gasteiger partial charge < -0.3 is 14.7 Å². The van der Waals surface area contributed by atoms with E-state index in [-0.39, 0.29) is 6.61 Å². The van der Waals surface area contributed by atoms with Gasteiger partial charge in [-0.1, -0.05) is 13.3 Å². The van der Waals surface area contributed by atoms with Crippen LogP contribution in [0.3, 0.4) is 0 Å².